The minimum absolute atomic E-state index is 0. The molecule has 1 aliphatic heterocycles. The van der Waals surface area contributed by atoms with Crippen LogP contribution in [0.5, 0.6) is 0 Å². The molecule has 0 saturated carbocycles. The van der Waals surface area contributed by atoms with Crippen LogP contribution in [0.15, 0.2) is 0 Å². The summed E-state index contributed by atoms with van der Waals surface area (Å²) in [6.45, 7) is 9.47. The van der Waals surface area contributed by atoms with E-state index in [2.05, 4.69) is 26.1 Å². The van der Waals surface area contributed by atoms with Crippen molar-refractivity contribution in [2.24, 2.45) is 11.3 Å². The van der Waals surface area contributed by atoms with Gasteiger partial charge in [0.15, 0.2) is 0 Å². The first-order chi connectivity index (χ1) is 4.61. The maximum atomic E-state index is 3.44. The van der Waals surface area contributed by atoms with Crippen LogP contribution in [0, 0.1) is 11.3 Å². The third-order valence-electron chi connectivity index (χ3n) is 2.52. The van der Waals surface area contributed by atoms with Crippen LogP contribution >= 0.6 is 12.4 Å². The molecule has 0 radical (unpaired) electrons. The standard InChI is InChI=1S/C9H19N.ClH/c1-9(2,3)8-5-4-6-10-7-8;/h8,10H,4-7H2,1-3H3;1H. The molecule has 0 aromatic rings. The Kier molecular flexibility index (Phi) is 4.42. The molecule has 68 valence electrons. The molecule has 1 rings (SSSR count). The predicted octanol–water partition coefficient (Wildman–Crippen LogP) is 2.45. The number of rotatable bonds is 0. The Morgan fingerprint density at radius 1 is 1.27 bits per heavy atom. The average Bonchev–Trinajstić information content (AvgIpc) is 1.88. The Hall–Kier alpha value is 0.250. The highest BCUT2D eigenvalue weighted by Gasteiger charge is 2.25. The van der Waals surface area contributed by atoms with Gasteiger partial charge in [-0.15, -0.1) is 12.4 Å². The van der Waals surface area contributed by atoms with Crippen molar-refractivity contribution in [3.63, 3.8) is 0 Å². The largest absolute Gasteiger partial charge is 0.316 e. The molecule has 0 bridgehead atoms. The summed E-state index contributed by atoms with van der Waals surface area (Å²) in [5.74, 6) is 0.890. The van der Waals surface area contributed by atoms with Crippen molar-refractivity contribution in [1.82, 2.24) is 5.32 Å². The Labute approximate surface area is 76.4 Å². The van der Waals surface area contributed by atoms with E-state index in [-0.39, 0.29) is 12.4 Å². The molecule has 0 aromatic carbocycles. The number of hydrogen-bond acceptors (Lipinski definition) is 1. The van der Waals surface area contributed by atoms with Crippen LogP contribution in [0.2, 0.25) is 0 Å². The quantitative estimate of drug-likeness (QED) is 0.600. The predicted molar refractivity (Wildman–Crippen MR) is 52.3 cm³/mol. The van der Waals surface area contributed by atoms with Crippen LogP contribution in [-0.2, 0) is 0 Å². The highest BCUT2D eigenvalue weighted by Crippen LogP contribution is 2.30. The fraction of sp³-hybridized carbons (Fsp3) is 1.00. The topological polar surface area (TPSA) is 12.0 Å². The Morgan fingerprint density at radius 3 is 2.18 bits per heavy atom. The molecule has 1 saturated heterocycles. The highest BCUT2D eigenvalue weighted by molar-refractivity contribution is 5.85. The van der Waals surface area contributed by atoms with E-state index >= 15 is 0 Å². The lowest BCUT2D eigenvalue weighted by Gasteiger charge is -2.34. The van der Waals surface area contributed by atoms with Crippen LogP contribution in [0.4, 0.5) is 0 Å². The smallest absolute Gasteiger partial charge is 0.00155 e. The molecule has 1 atom stereocenters. The molecular weight excluding hydrogens is 158 g/mol. The normalized spacial score (nSPS) is 25.9. The summed E-state index contributed by atoms with van der Waals surface area (Å²) in [5.41, 5.74) is 0.507. The summed E-state index contributed by atoms with van der Waals surface area (Å²) < 4.78 is 0. The first-order valence-corrected chi connectivity index (χ1v) is 4.31. The van der Waals surface area contributed by atoms with Crippen molar-refractivity contribution in [2.75, 3.05) is 13.1 Å². The van der Waals surface area contributed by atoms with Crippen LogP contribution in [0.3, 0.4) is 0 Å². The molecule has 0 aromatic heterocycles. The van der Waals surface area contributed by atoms with Gasteiger partial charge in [0.1, 0.15) is 0 Å². The molecule has 1 nitrogen and oxygen atoms in total. The van der Waals surface area contributed by atoms with Gasteiger partial charge in [-0.3, -0.25) is 0 Å². The van der Waals surface area contributed by atoms with E-state index in [9.17, 15) is 0 Å². The molecule has 0 aliphatic carbocycles. The van der Waals surface area contributed by atoms with Crippen molar-refractivity contribution in [2.45, 2.75) is 33.6 Å². The third kappa shape index (κ3) is 3.44. The fourth-order valence-electron chi connectivity index (χ4n) is 1.59. The Morgan fingerprint density at radius 2 is 1.91 bits per heavy atom. The van der Waals surface area contributed by atoms with Gasteiger partial charge in [0.25, 0.3) is 0 Å². The maximum absolute atomic E-state index is 3.44. The summed E-state index contributed by atoms with van der Waals surface area (Å²) in [4.78, 5) is 0. The second kappa shape index (κ2) is 4.32. The highest BCUT2D eigenvalue weighted by atomic mass is 35.5. The van der Waals surface area contributed by atoms with Gasteiger partial charge in [-0.05, 0) is 37.3 Å². The van der Waals surface area contributed by atoms with E-state index in [1.165, 1.54) is 25.9 Å². The average molecular weight is 178 g/mol. The van der Waals surface area contributed by atoms with Crippen LogP contribution in [0.1, 0.15) is 33.6 Å². The van der Waals surface area contributed by atoms with E-state index < -0.39 is 0 Å². The van der Waals surface area contributed by atoms with E-state index in [0.29, 0.717) is 5.41 Å². The lowest BCUT2D eigenvalue weighted by molar-refractivity contribution is 0.193. The summed E-state index contributed by atoms with van der Waals surface area (Å²) >= 11 is 0. The first kappa shape index (κ1) is 11.2. The Bertz CT molecular complexity index is 101. The van der Waals surface area contributed by atoms with E-state index in [1.807, 2.05) is 0 Å². The van der Waals surface area contributed by atoms with Gasteiger partial charge in [0.05, 0.1) is 0 Å². The van der Waals surface area contributed by atoms with Crippen LogP contribution in [-0.4, -0.2) is 13.1 Å². The number of hydrogen-bond donors (Lipinski definition) is 1. The number of piperidine rings is 1. The fourth-order valence-corrected chi connectivity index (χ4v) is 1.59. The first-order valence-electron chi connectivity index (χ1n) is 4.31. The molecule has 1 heterocycles. The van der Waals surface area contributed by atoms with Crippen molar-refractivity contribution in [3.05, 3.63) is 0 Å². The molecule has 11 heavy (non-hydrogen) atoms. The minimum Gasteiger partial charge on any atom is -0.316 e. The van der Waals surface area contributed by atoms with Gasteiger partial charge in [-0.25, -0.2) is 0 Å². The molecule has 2 heteroatoms. The van der Waals surface area contributed by atoms with Crippen LogP contribution < -0.4 is 5.32 Å². The zero-order valence-corrected chi connectivity index (χ0v) is 8.63. The van der Waals surface area contributed by atoms with E-state index in [0.717, 1.165) is 5.92 Å². The molecule has 1 fully saturated rings. The summed E-state index contributed by atoms with van der Waals surface area (Å²) in [7, 11) is 0. The molecule has 0 amide bonds. The lowest BCUT2D eigenvalue weighted by atomic mass is 9.77. The van der Waals surface area contributed by atoms with Gasteiger partial charge in [0.2, 0.25) is 0 Å². The number of nitrogens with one attached hydrogen (secondary N) is 1. The van der Waals surface area contributed by atoms with Crippen molar-refractivity contribution >= 4 is 12.4 Å². The second-order valence-electron chi connectivity index (χ2n) is 4.41. The van der Waals surface area contributed by atoms with Gasteiger partial charge in [0, 0.05) is 0 Å². The van der Waals surface area contributed by atoms with Crippen molar-refractivity contribution < 1.29 is 0 Å². The number of halogens is 1. The van der Waals surface area contributed by atoms with Gasteiger partial charge in [-0.1, -0.05) is 20.8 Å². The summed E-state index contributed by atoms with van der Waals surface area (Å²) in [6.07, 6.45) is 2.78. The SMILES string of the molecule is CC(C)(C)C1CCCNC1.Cl. The minimum atomic E-state index is 0. The van der Waals surface area contributed by atoms with Gasteiger partial charge >= 0.3 is 0 Å². The molecule has 1 aliphatic rings. The summed E-state index contributed by atoms with van der Waals surface area (Å²) in [5, 5.41) is 3.44. The molecule has 0 spiro atoms. The van der Waals surface area contributed by atoms with Crippen LogP contribution in [0.25, 0.3) is 0 Å². The lowest BCUT2D eigenvalue weighted by Crippen LogP contribution is -2.36. The molecular formula is C9H20ClN. The van der Waals surface area contributed by atoms with Gasteiger partial charge < -0.3 is 5.32 Å². The maximum Gasteiger partial charge on any atom is -0.00155 e. The third-order valence-corrected chi connectivity index (χ3v) is 2.52. The monoisotopic (exact) mass is 177 g/mol. The van der Waals surface area contributed by atoms with E-state index in [4.69, 9.17) is 0 Å². The zero-order valence-electron chi connectivity index (χ0n) is 7.81. The van der Waals surface area contributed by atoms with E-state index in [1.54, 1.807) is 0 Å². The second-order valence-corrected chi connectivity index (χ2v) is 4.41. The Balaban J connectivity index is 0.000001000. The van der Waals surface area contributed by atoms with Crippen molar-refractivity contribution in [3.8, 4) is 0 Å². The van der Waals surface area contributed by atoms with Crippen molar-refractivity contribution in [1.29, 1.82) is 0 Å². The van der Waals surface area contributed by atoms with Gasteiger partial charge in [-0.2, -0.15) is 0 Å². The zero-order chi connectivity index (χ0) is 7.61. The molecule has 1 N–H and O–H groups in total. The molecule has 1 unspecified atom stereocenters. The summed E-state index contributed by atoms with van der Waals surface area (Å²) in [6, 6.07) is 0.